The molecule has 2 heterocycles. The van der Waals surface area contributed by atoms with Crippen molar-refractivity contribution in [1.29, 1.82) is 0 Å². The largest absolute Gasteiger partial charge is 0.487 e. The van der Waals surface area contributed by atoms with Gasteiger partial charge in [0.2, 0.25) is 0 Å². The normalized spacial score (nSPS) is 15.4. The second-order valence-corrected chi connectivity index (χ2v) is 4.45. The standard InChI is InChI=1S/C16H14FNO/c1-2-4-12-13-5-3-8-18-15(13)10-19-16-9-11(17)6-7-14(12)16/h3-9H,2,10H2,1H3. The van der Waals surface area contributed by atoms with Crippen LogP contribution in [0, 0.1) is 5.82 Å². The van der Waals surface area contributed by atoms with E-state index in [1.165, 1.54) is 12.1 Å². The number of ether oxygens (including phenoxy) is 1. The number of pyridine rings is 1. The summed E-state index contributed by atoms with van der Waals surface area (Å²) in [5.74, 6) is 0.297. The molecule has 0 unspecified atom stereocenters. The van der Waals surface area contributed by atoms with Crippen molar-refractivity contribution in [3.8, 4) is 5.75 Å². The third-order valence-electron chi connectivity index (χ3n) is 3.19. The molecule has 0 N–H and O–H groups in total. The van der Waals surface area contributed by atoms with Crippen molar-refractivity contribution < 1.29 is 9.13 Å². The average Bonchev–Trinajstić information content (AvgIpc) is 2.57. The van der Waals surface area contributed by atoms with Crippen LogP contribution in [0.5, 0.6) is 5.75 Å². The van der Waals surface area contributed by atoms with Crippen LogP contribution in [0.3, 0.4) is 0 Å². The summed E-state index contributed by atoms with van der Waals surface area (Å²) in [7, 11) is 0. The predicted molar refractivity (Wildman–Crippen MR) is 72.3 cm³/mol. The maximum absolute atomic E-state index is 13.4. The van der Waals surface area contributed by atoms with Gasteiger partial charge in [0.15, 0.2) is 0 Å². The first-order valence-electron chi connectivity index (χ1n) is 6.36. The van der Waals surface area contributed by atoms with Crippen LogP contribution in [-0.2, 0) is 6.61 Å². The van der Waals surface area contributed by atoms with Gasteiger partial charge in [0.25, 0.3) is 0 Å². The van der Waals surface area contributed by atoms with Gasteiger partial charge in [-0.1, -0.05) is 19.1 Å². The minimum atomic E-state index is -0.284. The van der Waals surface area contributed by atoms with Crippen molar-refractivity contribution in [2.75, 3.05) is 0 Å². The fraction of sp³-hybridized carbons (Fsp3) is 0.188. The summed E-state index contributed by atoms with van der Waals surface area (Å²) in [4.78, 5) is 4.36. The molecule has 2 nitrogen and oxygen atoms in total. The maximum atomic E-state index is 13.4. The molecule has 1 aromatic heterocycles. The fourth-order valence-corrected chi connectivity index (χ4v) is 2.35. The predicted octanol–water partition coefficient (Wildman–Crippen LogP) is 3.95. The second kappa shape index (κ2) is 4.84. The molecule has 0 fully saturated rings. The SMILES string of the molecule is CCC=C1c2ccc(F)cc2OCc2ncccc21. The number of halogens is 1. The van der Waals surface area contributed by atoms with Crippen molar-refractivity contribution in [2.45, 2.75) is 20.0 Å². The molecule has 0 saturated heterocycles. The molecule has 0 saturated carbocycles. The van der Waals surface area contributed by atoms with Gasteiger partial charge in [-0.05, 0) is 30.2 Å². The molecule has 1 aromatic carbocycles. The number of allylic oxidation sites excluding steroid dienone is 1. The Morgan fingerprint density at radius 1 is 1.32 bits per heavy atom. The van der Waals surface area contributed by atoms with E-state index in [1.54, 1.807) is 12.3 Å². The summed E-state index contributed by atoms with van der Waals surface area (Å²) >= 11 is 0. The number of fused-ring (bicyclic) bond motifs is 2. The van der Waals surface area contributed by atoms with Gasteiger partial charge < -0.3 is 4.74 Å². The van der Waals surface area contributed by atoms with Gasteiger partial charge >= 0.3 is 0 Å². The van der Waals surface area contributed by atoms with E-state index in [0.717, 1.165) is 28.8 Å². The van der Waals surface area contributed by atoms with Crippen molar-refractivity contribution in [1.82, 2.24) is 4.98 Å². The van der Waals surface area contributed by atoms with Crippen LogP contribution in [-0.4, -0.2) is 4.98 Å². The molecular weight excluding hydrogens is 241 g/mol. The molecule has 0 radical (unpaired) electrons. The van der Waals surface area contributed by atoms with Crippen LogP contribution in [0.15, 0.2) is 42.6 Å². The summed E-state index contributed by atoms with van der Waals surface area (Å²) in [6.45, 7) is 2.45. The Kier molecular flexibility index (Phi) is 3.03. The van der Waals surface area contributed by atoms with Gasteiger partial charge in [-0.2, -0.15) is 0 Å². The first-order chi connectivity index (χ1) is 9.29. The zero-order chi connectivity index (χ0) is 13.2. The third kappa shape index (κ3) is 2.12. The van der Waals surface area contributed by atoms with Crippen LogP contribution >= 0.6 is 0 Å². The van der Waals surface area contributed by atoms with Crippen LogP contribution < -0.4 is 4.74 Å². The highest BCUT2D eigenvalue weighted by atomic mass is 19.1. The van der Waals surface area contributed by atoms with Gasteiger partial charge in [0.1, 0.15) is 18.2 Å². The molecule has 0 atom stereocenters. The summed E-state index contributed by atoms with van der Waals surface area (Å²) < 4.78 is 19.0. The van der Waals surface area contributed by atoms with Crippen molar-refractivity contribution in [3.63, 3.8) is 0 Å². The molecule has 3 heteroatoms. The summed E-state index contributed by atoms with van der Waals surface area (Å²) in [5, 5.41) is 0. The molecule has 19 heavy (non-hydrogen) atoms. The monoisotopic (exact) mass is 255 g/mol. The molecule has 1 aliphatic heterocycles. The molecule has 3 rings (SSSR count). The Morgan fingerprint density at radius 2 is 2.21 bits per heavy atom. The Bertz CT molecular complexity index is 649. The first kappa shape index (κ1) is 11.9. The zero-order valence-corrected chi connectivity index (χ0v) is 10.7. The lowest BCUT2D eigenvalue weighted by Crippen LogP contribution is -1.98. The van der Waals surface area contributed by atoms with Gasteiger partial charge in [-0.15, -0.1) is 0 Å². The minimum Gasteiger partial charge on any atom is -0.487 e. The number of hydrogen-bond donors (Lipinski definition) is 0. The van der Waals surface area contributed by atoms with E-state index in [4.69, 9.17) is 4.74 Å². The molecule has 0 aliphatic carbocycles. The Labute approximate surface area is 111 Å². The lowest BCUT2D eigenvalue weighted by Gasteiger charge is -2.09. The summed E-state index contributed by atoms with van der Waals surface area (Å²) in [6.07, 6.45) is 4.79. The van der Waals surface area contributed by atoms with Crippen molar-refractivity contribution in [3.05, 3.63) is 65.2 Å². The Morgan fingerprint density at radius 3 is 3.05 bits per heavy atom. The molecule has 0 bridgehead atoms. The molecule has 2 aromatic rings. The minimum absolute atomic E-state index is 0.284. The molecular formula is C16H14FNO. The van der Waals surface area contributed by atoms with Gasteiger partial charge in [0, 0.05) is 23.4 Å². The van der Waals surface area contributed by atoms with Crippen molar-refractivity contribution >= 4 is 5.57 Å². The van der Waals surface area contributed by atoms with Gasteiger partial charge in [-0.25, -0.2) is 4.39 Å². The second-order valence-electron chi connectivity index (χ2n) is 4.45. The maximum Gasteiger partial charge on any atom is 0.131 e. The van der Waals surface area contributed by atoms with E-state index in [2.05, 4.69) is 18.0 Å². The van der Waals surface area contributed by atoms with E-state index in [-0.39, 0.29) is 5.82 Å². The fourth-order valence-electron chi connectivity index (χ4n) is 2.35. The third-order valence-corrected chi connectivity index (χ3v) is 3.19. The number of aromatic nitrogens is 1. The molecule has 0 amide bonds. The van der Waals surface area contributed by atoms with E-state index in [1.807, 2.05) is 12.1 Å². The highest BCUT2D eigenvalue weighted by Crippen LogP contribution is 2.36. The quantitative estimate of drug-likeness (QED) is 0.769. The highest BCUT2D eigenvalue weighted by Gasteiger charge is 2.19. The zero-order valence-electron chi connectivity index (χ0n) is 10.7. The van der Waals surface area contributed by atoms with Crippen LogP contribution in [0.4, 0.5) is 4.39 Å². The molecule has 96 valence electrons. The average molecular weight is 255 g/mol. The van der Waals surface area contributed by atoms with Crippen molar-refractivity contribution in [2.24, 2.45) is 0 Å². The van der Waals surface area contributed by atoms with Gasteiger partial charge in [-0.3, -0.25) is 4.98 Å². The van der Waals surface area contributed by atoms with Crippen LogP contribution in [0.1, 0.15) is 30.2 Å². The summed E-state index contributed by atoms with van der Waals surface area (Å²) in [5.41, 5.74) is 3.95. The number of rotatable bonds is 1. The van der Waals surface area contributed by atoms with E-state index in [9.17, 15) is 4.39 Å². The summed E-state index contributed by atoms with van der Waals surface area (Å²) in [6, 6.07) is 8.62. The number of benzene rings is 1. The van der Waals surface area contributed by atoms with E-state index >= 15 is 0 Å². The van der Waals surface area contributed by atoms with Crippen LogP contribution in [0.2, 0.25) is 0 Å². The van der Waals surface area contributed by atoms with Gasteiger partial charge in [0.05, 0.1) is 5.69 Å². The number of hydrogen-bond acceptors (Lipinski definition) is 2. The highest BCUT2D eigenvalue weighted by molar-refractivity contribution is 5.84. The smallest absolute Gasteiger partial charge is 0.131 e. The Balaban J connectivity index is 2.24. The van der Waals surface area contributed by atoms with E-state index < -0.39 is 0 Å². The topological polar surface area (TPSA) is 22.1 Å². The molecule has 0 spiro atoms. The van der Waals surface area contributed by atoms with E-state index in [0.29, 0.717) is 12.4 Å². The first-order valence-corrected chi connectivity index (χ1v) is 6.36. The number of nitrogens with zero attached hydrogens (tertiary/aromatic N) is 1. The van der Waals surface area contributed by atoms with Crippen LogP contribution in [0.25, 0.3) is 5.57 Å². The Hall–Kier alpha value is -2.16. The molecule has 1 aliphatic rings. The lowest BCUT2D eigenvalue weighted by atomic mass is 9.96. The lowest BCUT2D eigenvalue weighted by molar-refractivity contribution is 0.301.